The number of hydrogen-bond donors (Lipinski definition) is 0. The first-order valence-electron chi connectivity index (χ1n) is 6.13. The molecule has 92 valence electrons. The monoisotopic (exact) mass is 235 g/mol. The lowest BCUT2D eigenvalue weighted by Crippen LogP contribution is -2.65. The van der Waals surface area contributed by atoms with Crippen molar-refractivity contribution in [3.8, 4) is 0 Å². The van der Waals surface area contributed by atoms with Crippen molar-refractivity contribution in [1.29, 1.82) is 0 Å². The molecule has 4 heteroatoms. The number of fused-ring (bicyclic) bond motifs is 5. The van der Waals surface area contributed by atoms with Gasteiger partial charge < -0.3 is 4.74 Å². The summed E-state index contributed by atoms with van der Waals surface area (Å²) < 4.78 is 5.27. The van der Waals surface area contributed by atoms with Crippen LogP contribution in [0, 0.1) is 17.8 Å². The van der Waals surface area contributed by atoms with Gasteiger partial charge in [0.15, 0.2) is 0 Å². The Morgan fingerprint density at radius 2 is 2.00 bits per heavy atom. The molecule has 3 aliphatic rings. The van der Waals surface area contributed by atoms with Crippen LogP contribution in [-0.2, 0) is 9.53 Å². The Morgan fingerprint density at radius 1 is 1.35 bits per heavy atom. The van der Waals surface area contributed by atoms with Crippen molar-refractivity contribution in [3.63, 3.8) is 0 Å². The van der Waals surface area contributed by atoms with Crippen LogP contribution < -0.4 is 0 Å². The van der Waals surface area contributed by atoms with E-state index in [-0.39, 0.29) is 17.9 Å². The predicted octanol–water partition coefficient (Wildman–Crippen LogP) is 1.95. The summed E-state index contributed by atoms with van der Waals surface area (Å²) in [4.78, 5) is 25.2. The van der Waals surface area contributed by atoms with Gasteiger partial charge in [-0.05, 0) is 39.0 Å². The van der Waals surface area contributed by atoms with Crippen LogP contribution in [0.15, 0.2) is 12.2 Å². The van der Waals surface area contributed by atoms with Crippen LogP contribution in [0.2, 0.25) is 0 Å². The van der Waals surface area contributed by atoms with Crippen molar-refractivity contribution < 1.29 is 14.3 Å². The first-order chi connectivity index (χ1) is 7.88. The molecule has 0 aromatic rings. The van der Waals surface area contributed by atoms with Gasteiger partial charge in [0.25, 0.3) is 0 Å². The number of allylic oxidation sites excluding steroid dienone is 1. The summed E-state index contributed by atoms with van der Waals surface area (Å²) >= 11 is 0. The van der Waals surface area contributed by atoms with Crippen molar-refractivity contribution in [2.75, 3.05) is 0 Å². The summed E-state index contributed by atoms with van der Waals surface area (Å²) in [7, 11) is 0. The summed E-state index contributed by atoms with van der Waals surface area (Å²) in [6.45, 7) is 5.44. The average Bonchev–Trinajstić information content (AvgIpc) is 2.70. The van der Waals surface area contributed by atoms with E-state index in [9.17, 15) is 9.59 Å². The van der Waals surface area contributed by atoms with Gasteiger partial charge in [0.2, 0.25) is 5.91 Å². The van der Waals surface area contributed by atoms with Gasteiger partial charge in [-0.3, -0.25) is 4.79 Å². The van der Waals surface area contributed by atoms with E-state index in [4.69, 9.17) is 4.74 Å². The van der Waals surface area contributed by atoms with Gasteiger partial charge in [0.05, 0.1) is 12.0 Å². The highest BCUT2D eigenvalue weighted by atomic mass is 16.6. The third kappa shape index (κ3) is 1.43. The van der Waals surface area contributed by atoms with Crippen molar-refractivity contribution in [1.82, 2.24) is 4.90 Å². The molecule has 1 heterocycles. The van der Waals surface area contributed by atoms with E-state index in [1.54, 1.807) is 0 Å². The zero-order chi connectivity index (χ0) is 12.4. The van der Waals surface area contributed by atoms with Crippen LogP contribution in [0.3, 0.4) is 0 Å². The minimum absolute atomic E-state index is 0.0394. The summed E-state index contributed by atoms with van der Waals surface area (Å²) in [5.41, 5.74) is -0.546. The molecule has 4 nitrogen and oxygen atoms in total. The third-order valence-electron chi connectivity index (χ3n) is 3.83. The van der Waals surface area contributed by atoms with Gasteiger partial charge in [0, 0.05) is 0 Å². The number of nitrogens with zero attached hydrogens (tertiary/aromatic N) is 1. The van der Waals surface area contributed by atoms with E-state index in [1.165, 1.54) is 4.90 Å². The number of hydrogen-bond acceptors (Lipinski definition) is 3. The zero-order valence-corrected chi connectivity index (χ0v) is 10.3. The number of amides is 2. The summed E-state index contributed by atoms with van der Waals surface area (Å²) in [5.74, 6) is 0.699. The fraction of sp³-hybridized carbons (Fsp3) is 0.692. The van der Waals surface area contributed by atoms with Crippen molar-refractivity contribution in [2.24, 2.45) is 17.8 Å². The van der Waals surface area contributed by atoms with E-state index in [0.717, 1.165) is 6.42 Å². The van der Waals surface area contributed by atoms with E-state index >= 15 is 0 Å². The highest BCUT2D eigenvalue weighted by Gasteiger charge is 2.62. The lowest BCUT2D eigenvalue weighted by atomic mass is 9.80. The van der Waals surface area contributed by atoms with Crippen LogP contribution in [0.4, 0.5) is 4.79 Å². The third-order valence-corrected chi connectivity index (χ3v) is 3.83. The van der Waals surface area contributed by atoms with Crippen molar-refractivity contribution >= 4 is 12.0 Å². The Kier molecular flexibility index (Phi) is 1.98. The molecule has 2 aliphatic carbocycles. The lowest BCUT2D eigenvalue weighted by Gasteiger charge is -2.46. The summed E-state index contributed by atoms with van der Waals surface area (Å²) in [5, 5.41) is 0. The maximum absolute atomic E-state index is 12.0. The van der Waals surface area contributed by atoms with Crippen molar-refractivity contribution in [2.45, 2.75) is 38.8 Å². The second-order valence-corrected chi connectivity index (χ2v) is 6.15. The summed E-state index contributed by atoms with van der Waals surface area (Å²) in [6.07, 6.45) is 4.79. The molecule has 2 fully saturated rings. The van der Waals surface area contributed by atoms with Crippen molar-refractivity contribution in [3.05, 3.63) is 12.2 Å². The SMILES string of the molecule is CC(C)(C)OC(=O)N1C(=O)[C@@H]2C1[C@H]1C=C[C@H]2C1. The largest absolute Gasteiger partial charge is 0.443 e. The van der Waals surface area contributed by atoms with Crippen LogP contribution in [0.5, 0.6) is 0 Å². The standard InChI is InChI=1S/C13H17NO3/c1-13(2,3)17-12(16)14-10-8-5-4-7(6-8)9(10)11(14)15/h4-5,7-10H,6H2,1-3H3/t7-,8-,9-,10?/m0/s1. The molecular formula is C13H17NO3. The molecule has 0 aromatic carbocycles. The Labute approximate surface area is 101 Å². The molecule has 1 aliphatic heterocycles. The van der Waals surface area contributed by atoms with E-state index in [0.29, 0.717) is 11.8 Å². The lowest BCUT2D eigenvalue weighted by molar-refractivity contribution is -0.154. The number of likely N-dealkylation sites (tertiary alicyclic amines) is 1. The molecule has 2 amide bonds. The van der Waals surface area contributed by atoms with E-state index in [1.807, 2.05) is 20.8 Å². The number of β-lactam (4-membered cyclic amide) rings is 1. The molecule has 4 atom stereocenters. The molecule has 1 saturated heterocycles. The molecule has 17 heavy (non-hydrogen) atoms. The topological polar surface area (TPSA) is 46.6 Å². The molecular weight excluding hydrogens is 218 g/mol. The number of ether oxygens (including phenoxy) is 1. The van der Waals surface area contributed by atoms with Crippen LogP contribution >= 0.6 is 0 Å². The quantitative estimate of drug-likeness (QED) is 0.476. The number of carbonyl (C=O) groups is 2. The molecule has 0 spiro atoms. The number of carbonyl (C=O) groups excluding carboxylic acids is 2. The Morgan fingerprint density at radius 3 is 2.65 bits per heavy atom. The predicted molar refractivity (Wildman–Crippen MR) is 61.1 cm³/mol. The van der Waals surface area contributed by atoms with Gasteiger partial charge in [-0.15, -0.1) is 0 Å². The summed E-state index contributed by atoms with van der Waals surface area (Å²) in [6, 6.07) is 0.0624. The molecule has 0 N–H and O–H groups in total. The number of rotatable bonds is 0. The zero-order valence-electron chi connectivity index (χ0n) is 10.3. The van der Waals surface area contributed by atoms with E-state index in [2.05, 4.69) is 12.2 Å². The molecule has 3 rings (SSSR count). The van der Waals surface area contributed by atoms with Crippen LogP contribution in [0.1, 0.15) is 27.2 Å². The second kappa shape index (κ2) is 3.12. The van der Waals surface area contributed by atoms with Gasteiger partial charge in [-0.25, -0.2) is 9.69 Å². The maximum Gasteiger partial charge on any atom is 0.417 e. The van der Waals surface area contributed by atoms with Crippen LogP contribution in [-0.4, -0.2) is 28.5 Å². The molecule has 0 radical (unpaired) electrons. The Hall–Kier alpha value is -1.32. The Bertz CT molecular complexity index is 421. The van der Waals surface area contributed by atoms with Gasteiger partial charge in [-0.1, -0.05) is 12.2 Å². The first kappa shape index (κ1) is 10.8. The fourth-order valence-electron chi connectivity index (χ4n) is 3.23. The number of imide groups is 1. The van der Waals surface area contributed by atoms with Gasteiger partial charge in [-0.2, -0.15) is 0 Å². The molecule has 2 bridgehead atoms. The maximum atomic E-state index is 12.0. The average molecular weight is 235 g/mol. The highest BCUT2D eigenvalue weighted by Crippen LogP contribution is 2.52. The fourth-order valence-corrected chi connectivity index (χ4v) is 3.23. The van der Waals surface area contributed by atoms with Gasteiger partial charge >= 0.3 is 6.09 Å². The second-order valence-electron chi connectivity index (χ2n) is 6.15. The highest BCUT2D eigenvalue weighted by molar-refractivity contribution is 6.00. The minimum atomic E-state index is -0.546. The molecule has 1 saturated carbocycles. The minimum Gasteiger partial charge on any atom is -0.443 e. The first-order valence-corrected chi connectivity index (χ1v) is 6.13. The molecule has 1 unspecified atom stereocenters. The van der Waals surface area contributed by atoms with Crippen LogP contribution in [0.25, 0.3) is 0 Å². The van der Waals surface area contributed by atoms with Gasteiger partial charge in [0.1, 0.15) is 5.60 Å². The normalized spacial score (nSPS) is 38.1. The molecule has 0 aromatic heterocycles. The Balaban J connectivity index is 1.76. The van der Waals surface area contributed by atoms with E-state index < -0.39 is 11.7 Å². The smallest absolute Gasteiger partial charge is 0.417 e.